The highest BCUT2D eigenvalue weighted by atomic mass is 19.4. The second kappa shape index (κ2) is 9.38. The first kappa shape index (κ1) is 23.6. The number of amides is 1. The van der Waals surface area contributed by atoms with Gasteiger partial charge in [-0.1, -0.05) is 18.2 Å². The number of rotatable bonds is 5. The van der Waals surface area contributed by atoms with Crippen LogP contribution < -0.4 is 10.2 Å². The highest BCUT2D eigenvalue weighted by molar-refractivity contribution is 6.11. The van der Waals surface area contributed by atoms with E-state index in [2.05, 4.69) is 10.3 Å². The summed E-state index contributed by atoms with van der Waals surface area (Å²) in [5, 5.41) is 3.53. The van der Waals surface area contributed by atoms with Gasteiger partial charge in [0.05, 0.1) is 24.9 Å². The first-order chi connectivity index (χ1) is 16.2. The van der Waals surface area contributed by atoms with Gasteiger partial charge in [0.2, 0.25) is 5.91 Å². The molecule has 0 spiro atoms. The number of piperazine rings is 1. The largest absolute Gasteiger partial charge is 0.464 e. The summed E-state index contributed by atoms with van der Waals surface area (Å²) in [6, 6.07) is 10.9. The fourth-order valence-electron chi connectivity index (χ4n) is 4.12. The molecule has 4 rings (SSSR count). The Hall–Kier alpha value is -3.53. The van der Waals surface area contributed by atoms with Gasteiger partial charge in [-0.25, -0.2) is 4.79 Å². The van der Waals surface area contributed by atoms with E-state index in [1.807, 2.05) is 34.9 Å². The third kappa shape index (κ3) is 5.01. The minimum atomic E-state index is -4.39. The Morgan fingerprint density at radius 3 is 2.50 bits per heavy atom. The molecule has 10 heteroatoms. The van der Waals surface area contributed by atoms with Gasteiger partial charge in [-0.15, -0.1) is 0 Å². The van der Waals surface area contributed by atoms with Crippen LogP contribution in [0.1, 0.15) is 21.6 Å². The Bertz CT molecular complexity index is 1210. The second-order valence-corrected chi connectivity index (χ2v) is 8.28. The van der Waals surface area contributed by atoms with Crippen molar-refractivity contribution < 1.29 is 27.5 Å². The molecule has 1 saturated heterocycles. The Morgan fingerprint density at radius 2 is 1.82 bits per heavy atom. The van der Waals surface area contributed by atoms with Gasteiger partial charge in [0.15, 0.2) is 0 Å². The van der Waals surface area contributed by atoms with E-state index in [9.17, 15) is 22.8 Å². The molecule has 1 aliphatic heterocycles. The molecule has 1 aliphatic rings. The number of ether oxygens (including phenoxy) is 1. The van der Waals surface area contributed by atoms with Gasteiger partial charge in [0, 0.05) is 42.8 Å². The van der Waals surface area contributed by atoms with E-state index in [0.29, 0.717) is 48.5 Å². The Kier molecular flexibility index (Phi) is 6.52. The van der Waals surface area contributed by atoms with Crippen LogP contribution in [-0.2, 0) is 15.7 Å². The zero-order chi connectivity index (χ0) is 24.5. The van der Waals surface area contributed by atoms with E-state index >= 15 is 0 Å². The van der Waals surface area contributed by atoms with E-state index in [1.165, 1.54) is 13.2 Å². The average Bonchev–Trinajstić information content (AvgIpc) is 3.15. The Morgan fingerprint density at radius 1 is 1.09 bits per heavy atom. The normalized spacial score (nSPS) is 14.9. The fraction of sp³-hybridized carbons (Fsp3) is 0.333. The number of anilines is 2. The number of H-pyrrole nitrogens is 1. The SMILES string of the molecule is COC(=O)c1[nH]c2cc(C)ccc2c1NC(=O)CN1CCN(c2cccc(C(F)(F)F)c2)CC1. The number of esters is 1. The molecule has 2 aromatic carbocycles. The molecular weight excluding hydrogens is 449 g/mol. The van der Waals surface area contributed by atoms with Crippen molar-refractivity contribution in [3.63, 3.8) is 0 Å². The number of fused-ring (bicyclic) bond motifs is 1. The van der Waals surface area contributed by atoms with Crippen molar-refractivity contribution in [3.05, 3.63) is 59.3 Å². The zero-order valence-corrected chi connectivity index (χ0v) is 18.8. The number of aromatic amines is 1. The number of alkyl halides is 3. The third-order valence-electron chi connectivity index (χ3n) is 5.89. The Labute approximate surface area is 194 Å². The molecule has 7 nitrogen and oxygen atoms in total. The van der Waals surface area contributed by atoms with E-state index in [4.69, 9.17) is 4.74 Å². The molecular formula is C24H25F3N4O3. The highest BCUT2D eigenvalue weighted by Crippen LogP contribution is 2.32. The van der Waals surface area contributed by atoms with Crippen LogP contribution in [0, 0.1) is 6.92 Å². The first-order valence-electron chi connectivity index (χ1n) is 10.8. The van der Waals surface area contributed by atoms with Crippen LogP contribution in [0.25, 0.3) is 10.9 Å². The van der Waals surface area contributed by atoms with E-state index < -0.39 is 17.7 Å². The minimum Gasteiger partial charge on any atom is -0.464 e. The number of aromatic nitrogens is 1. The molecule has 180 valence electrons. The second-order valence-electron chi connectivity index (χ2n) is 8.28. The summed E-state index contributed by atoms with van der Waals surface area (Å²) < 4.78 is 43.9. The quantitative estimate of drug-likeness (QED) is 0.546. The number of benzene rings is 2. The van der Waals surface area contributed by atoms with Gasteiger partial charge in [0.25, 0.3) is 0 Å². The van der Waals surface area contributed by atoms with Gasteiger partial charge in [0.1, 0.15) is 5.69 Å². The van der Waals surface area contributed by atoms with Crippen molar-refractivity contribution >= 4 is 34.2 Å². The molecule has 0 radical (unpaired) electrons. The van der Waals surface area contributed by atoms with E-state index in [0.717, 1.165) is 17.7 Å². The molecule has 1 amide bonds. The predicted octanol–water partition coefficient (Wildman–Crippen LogP) is 4.04. The lowest BCUT2D eigenvalue weighted by molar-refractivity contribution is -0.137. The maximum absolute atomic E-state index is 13.0. The molecule has 1 fully saturated rings. The van der Waals surface area contributed by atoms with Gasteiger partial charge in [-0.3, -0.25) is 9.69 Å². The van der Waals surface area contributed by atoms with E-state index in [-0.39, 0.29) is 18.1 Å². The fourth-order valence-corrected chi connectivity index (χ4v) is 4.12. The summed E-state index contributed by atoms with van der Waals surface area (Å²) in [5.41, 5.74) is 2.09. The molecule has 3 aromatic rings. The zero-order valence-electron chi connectivity index (χ0n) is 18.8. The lowest BCUT2D eigenvalue weighted by Gasteiger charge is -2.36. The van der Waals surface area contributed by atoms with E-state index in [1.54, 1.807) is 6.07 Å². The van der Waals surface area contributed by atoms with Crippen molar-refractivity contribution in [1.29, 1.82) is 0 Å². The number of carbonyl (C=O) groups is 2. The number of carbonyl (C=O) groups excluding carboxylic acids is 2. The number of nitrogens with one attached hydrogen (secondary N) is 2. The minimum absolute atomic E-state index is 0.0928. The van der Waals surface area contributed by atoms with Crippen molar-refractivity contribution in [3.8, 4) is 0 Å². The molecule has 2 heterocycles. The molecule has 0 atom stereocenters. The van der Waals surface area contributed by atoms with Gasteiger partial charge < -0.3 is 19.9 Å². The summed E-state index contributed by atoms with van der Waals surface area (Å²) in [5.74, 6) is -0.877. The van der Waals surface area contributed by atoms with Gasteiger partial charge >= 0.3 is 12.1 Å². The lowest BCUT2D eigenvalue weighted by Crippen LogP contribution is -2.48. The number of halogens is 3. The van der Waals surface area contributed by atoms with Crippen LogP contribution in [-0.4, -0.2) is 61.6 Å². The van der Waals surface area contributed by atoms with Crippen molar-refractivity contribution in [2.75, 3.05) is 50.1 Å². The molecule has 2 N–H and O–H groups in total. The number of hydrogen-bond donors (Lipinski definition) is 2. The third-order valence-corrected chi connectivity index (χ3v) is 5.89. The Balaban J connectivity index is 1.41. The monoisotopic (exact) mass is 474 g/mol. The molecule has 0 saturated carbocycles. The molecule has 0 unspecified atom stereocenters. The van der Waals surface area contributed by atoms with Crippen LogP contribution >= 0.6 is 0 Å². The van der Waals surface area contributed by atoms with Crippen molar-refractivity contribution in [2.24, 2.45) is 0 Å². The summed E-state index contributed by atoms with van der Waals surface area (Å²) in [7, 11) is 1.27. The van der Waals surface area contributed by atoms with Gasteiger partial charge in [-0.05, 0) is 36.8 Å². The predicted molar refractivity (Wildman–Crippen MR) is 123 cm³/mol. The highest BCUT2D eigenvalue weighted by Gasteiger charge is 2.31. The van der Waals surface area contributed by atoms with Crippen molar-refractivity contribution in [1.82, 2.24) is 9.88 Å². The van der Waals surface area contributed by atoms with Crippen LogP contribution in [0.2, 0.25) is 0 Å². The topological polar surface area (TPSA) is 77.7 Å². The standard InChI is InChI=1S/C24H25F3N4O3/c1-15-6-7-18-19(12-15)28-22(23(33)34-2)21(18)29-20(32)14-30-8-10-31(11-9-30)17-5-3-4-16(13-17)24(25,26)27/h3-7,12-13,28H,8-11,14H2,1-2H3,(H,29,32). The molecule has 0 bridgehead atoms. The smallest absolute Gasteiger partial charge is 0.416 e. The van der Waals surface area contributed by atoms with Crippen molar-refractivity contribution in [2.45, 2.75) is 13.1 Å². The van der Waals surface area contributed by atoms with Crippen LogP contribution in [0.5, 0.6) is 0 Å². The number of hydrogen-bond acceptors (Lipinski definition) is 5. The summed E-state index contributed by atoms with van der Waals surface area (Å²) in [6.45, 7) is 4.04. The maximum atomic E-state index is 13.0. The summed E-state index contributed by atoms with van der Waals surface area (Å²) in [6.07, 6.45) is -4.39. The first-order valence-corrected chi connectivity index (χ1v) is 10.8. The summed E-state index contributed by atoms with van der Waals surface area (Å²) in [4.78, 5) is 31.8. The number of methoxy groups -OCH3 is 1. The average molecular weight is 474 g/mol. The van der Waals surface area contributed by atoms with Gasteiger partial charge in [-0.2, -0.15) is 13.2 Å². The molecule has 34 heavy (non-hydrogen) atoms. The summed E-state index contributed by atoms with van der Waals surface area (Å²) >= 11 is 0. The number of aryl methyl sites for hydroxylation is 1. The van der Waals surface area contributed by atoms with Crippen LogP contribution in [0.15, 0.2) is 42.5 Å². The maximum Gasteiger partial charge on any atom is 0.416 e. The lowest BCUT2D eigenvalue weighted by atomic mass is 10.1. The van der Waals surface area contributed by atoms with Crippen LogP contribution in [0.4, 0.5) is 24.5 Å². The molecule has 0 aliphatic carbocycles. The number of nitrogens with zero attached hydrogens (tertiary/aromatic N) is 2. The molecule has 1 aromatic heterocycles. The van der Waals surface area contributed by atoms with Crippen LogP contribution in [0.3, 0.4) is 0 Å².